The largest absolute Gasteiger partial charge is 0.479 e. The molecule has 1 atom stereocenters. The maximum Gasteiger partial charge on any atom is 0.344 e. The monoisotopic (exact) mass is 374 g/mol. The number of amides is 2. The molecule has 0 heterocycles. The number of nitrogens with one attached hydrogen (secondary N) is 2. The fraction of sp³-hybridized carbons (Fsp3) is 0.211. The average molecular weight is 374 g/mol. The van der Waals surface area contributed by atoms with Gasteiger partial charge in [0, 0.05) is 18.3 Å². The van der Waals surface area contributed by atoms with Gasteiger partial charge in [0.1, 0.15) is 0 Å². The summed E-state index contributed by atoms with van der Waals surface area (Å²) in [5, 5.41) is 5.18. The maximum absolute atomic E-state index is 13.4. The Kier molecular flexibility index (Phi) is 6.87. The van der Waals surface area contributed by atoms with Crippen LogP contribution in [0.1, 0.15) is 13.8 Å². The summed E-state index contributed by atoms with van der Waals surface area (Å²) < 4.78 is 23.4. The van der Waals surface area contributed by atoms with Crippen molar-refractivity contribution >= 4 is 29.2 Å². The number of esters is 1. The van der Waals surface area contributed by atoms with Gasteiger partial charge >= 0.3 is 5.97 Å². The highest BCUT2D eigenvalue weighted by atomic mass is 19.1. The zero-order valence-corrected chi connectivity index (χ0v) is 14.8. The van der Waals surface area contributed by atoms with E-state index in [2.05, 4.69) is 10.6 Å². The summed E-state index contributed by atoms with van der Waals surface area (Å²) in [7, 11) is 0. The van der Waals surface area contributed by atoms with Gasteiger partial charge in [0.05, 0.1) is 0 Å². The molecule has 7 nitrogen and oxygen atoms in total. The van der Waals surface area contributed by atoms with Crippen molar-refractivity contribution in [2.24, 2.45) is 0 Å². The summed E-state index contributed by atoms with van der Waals surface area (Å²) in [5.41, 5.74) is 1.06. The van der Waals surface area contributed by atoms with Crippen LogP contribution < -0.4 is 15.4 Å². The van der Waals surface area contributed by atoms with Gasteiger partial charge in [-0.2, -0.15) is 0 Å². The van der Waals surface area contributed by atoms with E-state index in [1.807, 2.05) is 0 Å². The molecule has 2 rings (SSSR count). The number of carbonyl (C=O) groups excluding carboxylic acids is 3. The van der Waals surface area contributed by atoms with E-state index in [1.54, 1.807) is 30.3 Å². The van der Waals surface area contributed by atoms with E-state index >= 15 is 0 Å². The molecule has 0 aliphatic rings. The predicted molar refractivity (Wildman–Crippen MR) is 96.8 cm³/mol. The topological polar surface area (TPSA) is 93.7 Å². The van der Waals surface area contributed by atoms with E-state index in [9.17, 15) is 18.8 Å². The molecular weight excluding hydrogens is 355 g/mol. The first-order chi connectivity index (χ1) is 12.8. The zero-order chi connectivity index (χ0) is 19.8. The molecule has 0 radical (unpaired) electrons. The molecule has 8 heteroatoms. The van der Waals surface area contributed by atoms with Crippen LogP contribution >= 0.6 is 0 Å². The Labute approximate surface area is 155 Å². The van der Waals surface area contributed by atoms with E-state index in [0.29, 0.717) is 11.4 Å². The molecule has 2 N–H and O–H groups in total. The summed E-state index contributed by atoms with van der Waals surface area (Å²) in [4.78, 5) is 34.8. The van der Waals surface area contributed by atoms with Gasteiger partial charge in [-0.1, -0.05) is 12.1 Å². The fourth-order valence-electron chi connectivity index (χ4n) is 2.07. The normalized spacial score (nSPS) is 11.2. The van der Waals surface area contributed by atoms with Crippen molar-refractivity contribution in [3.8, 4) is 5.75 Å². The van der Waals surface area contributed by atoms with Crippen LogP contribution in [0, 0.1) is 5.82 Å². The molecule has 0 unspecified atom stereocenters. The zero-order valence-electron chi connectivity index (χ0n) is 14.8. The number of ether oxygens (including phenoxy) is 2. The van der Waals surface area contributed by atoms with E-state index < -0.39 is 30.4 Å². The molecular formula is C19H19FN2O5. The number of anilines is 2. The third-order valence-corrected chi connectivity index (χ3v) is 3.33. The number of carbonyl (C=O) groups is 3. The van der Waals surface area contributed by atoms with Crippen LogP contribution in [0.15, 0.2) is 48.5 Å². The molecule has 0 saturated carbocycles. The minimum atomic E-state index is -1.07. The lowest BCUT2D eigenvalue weighted by atomic mass is 10.2. The fourth-order valence-corrected chi connectivity index (χ4v) is 2.07. The Morgan fingerprint density at radius 1 is 1.00 bits per heavy atom. The van der Waals surface area contributed by atoms with Crippen molar-refractivity contribution < 1.29 is 28.2 Å². The molecule has 2 amide bonds. The van der Waals surface area contributed by atoms with Crippen LogP contribution in [-0.2, 0) is 19.1 Å². The molecule has 0 aromatic heterocycles. The number of halogens is 1. The van der Waals surface area contributed by atoms with Gasteiger partial charge in [-0.25, -0.2) is 9.18 Å². The molecule has 0 spiro atoms. The van der Waals surface area contributed by atoms with Crippen molar-refractivity contribution in [2.75, 3.05) is 17.2 Å². The first-order valence-corrected chi connectivity index (χ1v) is 8.10. The molecule has 27 heavy (non-hydrogen) atoms. The highest BCUT2D eigenvalue weighted by Gasteiger charge is 2.18. The van der Waals surface area contributed by atoms with Crippen molar-refractivity contribution in [3.63, 3.8) is 0 Å². The molecule has 0 bridgehead atoms. The average Bonchev–Trinajstić information content (AvgIpc) is 2.62. The molecule has 0 fully saturated rings. The van der Waals surface area contributed by atoms with Crippen LogP contribution in [0.2, 0.25) is 0 Å². The maximum atomic E-state index is 13.4. The first-order valence-electron chi connectivity index (χ1n) is 8.10. The van der Waals surface area contributed by atoms with E-state index in [1.165, 1.54) is 32.0 Å². The lowest BCUT2D eigenvalue weighted by Crippen LogP contribution is -2.31. The summed E-state index contributed by atoms with van der Waals surface area (Å²) in [6, 6.07) is 12.1. The van der Waals surface area contributed by atoms with Gasteiger partial charge in [-0.15, -0.1) is 0 Å². The van der Waals surface area contributed by atoms with Gasteiger partial charge in [-0.3, -0.25) is 9.59 Å². The van der Waals surface area contributed by atoms with Crippen molar-refractivity contribution in [2.45, 2.75) is 20.0 Å². The molecule has 0 aliphatic carbocycles. The Morgan fingerprint density at radius 2 is 1.59 bits per heavy atom. The minimum Gasteiger partial charge on any atom is -0.479 e. The summed E-state index contributed by atoms with van der Waals surface area (Å²) in [5.74, 6) is -2.22. The Bertz CT molecular complexity index is 823. The van der Waals surface area contributed by atoms with Crippen molar-refractivity contribution in [1.82, 2.24) is 0 Å². The number of hydrogen-bond donors (Lipinski definition) is 2. The second-order valence-electron chi connectivity index (χ2n) is 5.60. The Balaban J connectivity index is 1.81. The molecule has 0 saturated heterocycles. The van der Waals surface area contributed by atoms with Gasteiger partial charge in [0.2, 0.25) is 5.91 Å². The molecule has 2 aromatic rings. The number of benzene rings is 2. The lowest BCUT2D eigenvalue weighted by Gasteiger charge is -2.14. The van der Waals surface area contributed by atoms with Crippen LogP contribution in [0.3, 0.4) is 0 Å². The van der Waals surface area contributed by atoms with Crippen LogP contribution in [0.25, 0.3) is 0 Å². The summed E-state index contributed by atoms with van der Waals surface area (Å²) >= 11 is 0. The third-order valence-electron chi connectivity index (χ3n) is 3.33. The van der Waals surface area contributed by atoms with Crippen molar-refractivity contribution in [1.29, 1.82) is 0 Å². The van der Waals surface area contributed by atoms with E-state index in [-0.39, 0.29) is 11.7 Å². The molecule has 0 aliphatic heterocycles. The van der Waals surface area contributed by atoms with Gasteiger partial charge in [-0.05, 0) is 43.3 Å². The second-order valence-corrected chi connectivity index (χ2v) is 5.60. The molecule has 2 aromatic carbocycles. The van der Waals surface area contributed by atoms with E-state index in [0.717, 1.165) is 0 Å². The van der Waals surface area contributed by atoms with E-state index in [4.69, 9.17) is 9.47 Å². The van der Waals surface area contributed by atoms with Crippen molar-refractivity contribution in [3.05, 3.63) is 54.3 Å². The number of para-hydroxylation sites is 1. The van der Waals surface area contributed by atoms with Crippen LogP contribution in [-0.4, -0.2) is 30.5 Å². The van der Waals surface area contributed by atoms with Gasteiger partial charge in [0.25, 0.3) is 5.91 Å². The second kappa shape index (κ2) is 9.33. The first kappa shape index (κ1) is 19.9. The highest BCUT2D eigenvalue weighted by Crippen LogP contribution is 2.16. The quantitative estimate of drug-likeness (QED) is 0.727. The smallest absolute Gasteiger partial charge is 0.344 e. The minimum absolute atomic E-state index is 0.0779. The number of rotatable bonds is 7. The van der Waals surface area contributed by atoms with Crippen LogP contribution in [0.4, 0.5) is 15.8 Å². The highest BCUT2D eigenvalue weighted by molar-refractivity contribution is 5.95. The molecule has 142 valence electrons. The Morgan fingerprint density at radius 3 is 2.19 bits per heavy atom. The summed E-state index contributed by atoms with van der Waals surface area (Å²) in [6.07, 6.45) is -1.07. The van der Waals surface area contributed by atoms with Gasteiger partial charge in [0.15, 0.2) is 24.3 Å². The van der Waals surface area contributed by atoms with Crippen LogP contribution in [0.5, 0.6) is 5.75 Å². The standard InChI is InChI=1S/C19H19FN2O5/c1-12(27-18(24)11-26-17-6-4-3-5-16(17)20)19(25)22-15-9-7-14(8-10-15)21-13(2)23/h3-10,12H,11H2,1-2H3,(H,21,23)(H,22,25)/t12-/m1/s1. The summed E-state index contributed by atoms with van der Waals surface area (Å²) in [6.45, 7) is 2.27. The third kappa shape index (κ3) is 6.43. The predicted octanol–water partition coefficient (Wildman–Crippen LogP) is 2.73. The lowest BCUT2D eigenvalue weighted by molar-refractivity contribution is -0.155. The number of hydrogen-bond acceptors (Lipinski definition) is 5. The SMILES string of the molecule is CC(=O)Nc1ccc(NC(=O)[C@@H](C)OC(=O)COc2ccccc2F)cc1. The van der Waals surface area contributed by atoms with Gasteiger partial charge < -0.3 is 20.1 Å². The Hall–Kier alpha value is -3.42.